The molecular weight excluding hydrogens is 268 g/mol. The van der Waals surface area contributed by atoms with Crippen molar-refractivity contribution in [3.63, 3.8) is 0 Å². The Balaban J connectivity index is 1.87. The van der Waals surface area contributed by atoms with Crippen LogP contribution in [0.25, 0.3) is 0 Å². The highest BCUT2D eigenvalue weighted by Crippen LogP contribution is 2.30. The second kappa shape index (κ2) is 7.78. The molecule has 2 saturated carbocycles. The molecule has 0 aromatic carbocycles. The molecule has 120 valence electrons. The summed E-state index contributed by atoms with van der Waals surface area (Å²) in [5.74, 6) is -0.351. The molecule has 0 saturated heterocycles. The molecule has 2 aliphatic rings. The zero-order valence-electron chi connectivity index (χ0n) is 12.7. The smallest absolute Gasteiger partial charge is 0.326 e. The first-order chi connectivity index (χ1) is 10.1. The molecule has 0 radical (unpaired) electrons. The van der Waals surface area contributed by atoms with Gasteiger partial charge in [-0.25, -0.2) is 4.79 Å². The molecule has 2 fully saturated rings. The summed E-state index contributed by atoms with van der Waals surface area (Å²) in [6, 6.07) is -0.704. The van der Waals surface area contributed by atoms with Crippen molar-refractivity contribution in [1.29, 1.82) is 0 Å². The van der Waals surface area contributed by atoms with Crippen molar-refractivity contribution in [3.8, 4) is 0 Å². The zero-order chi connectivity index (χ0) is 15.2. The second-order valence-electron chi connectivity index (χ2n) is 6.68. The molecule has 1 unspecified atom stereocenters. The van der Waals surface area contributed by atoms with Gasteiger partial charge in [-0.15, -0.1) is 0 Å². The number of rotatable bonds is 5. The molecule has 2 aliphatic carbocycles. The van der Waals surface area contributed by atoms with Crippen LogP contribution in [0.2, 0.25) is 0 Å². The number of carboxylic acids is 1. The van der Waals surface area contributed by atoms with Crippen LogP contribution in [0.15, 0.2) is 0 Å². The molecule has 0 heterocycles. The summed E-state index contributed by atoms with van der Waals surface area (Å²) >= 11 is 0. The lowest BCUT2D eigenvalue weighted by Gasteiger charge is -2.31. The number of hydrogen-bond donors (Lipinski definition) is 3. The SMILES string of the molecule is NCC1CCC(C(=O)NC(C(=O)O)C2CCCCC2)CC1. The van der Waals surface area contributed by atoms with Gasteiger partial charge in [-0.3, -0.25) is 4.79 Å². The van der Waals surface area contributed by atoms with Gasteiger partial charge in [-0.2, -0.15) is 0 Å². The summed E-state index contributed by atoms with van der Waals surface area (Å²) < 4.78 is 0. The van der Waals surface area contributed by atoms with Crippen LogP contribution in [0.4, 0.5) is 0 Å². The standard InChI is InChI=1S/C16H28N2O3/c17-10-11-6-8-13(9-7-11)15(19)18-14(16(20)21)12-4-2-1-3-5-12/h11-14H,1-10,17H2,(H,18,19)(H,20,21). The van der Waals surface area contributed by atoms with Gasteiger partial charge in [-0.1, -0.05) is 19.3 Å². The van der Waals surface area contributed by atoms with Gasteiger partial charge < -0.3 is 16.2 Å². The summed E-state index contributed by atoms with van der Waals surface area (Å²) in [5.41, 5.74) is 5.66. The molecule has 21 heavy (non-hydrogen) atoms. The van der Waals surface area contributed by atoms with Gasteiger partial charge in [0.25, 0.3) is 0 Å². The third kappa shape index (κ3) is 4.43. The van der Waals surface area contributed by atoms with E-state index in [1.165, 1.54) is 6.42 Å². The van der Waals surface area contributed by atoms with E-state index in [0.29, 0.717) is 12.5 Å². The number of hydrogen-bond acceptors (Lipinski definition) is 3. The molecule has 4 N–H and O–H groups in total. The van der Waals surface area contributed by atoms with Crippen molar-refractivity contribution in [3.05, 3.63) is 0 Å². The van der Waals surface area contributed by atoms with E-state index < -0.39 is 12.0 Å². The summed E-state index contributed by atoms with van der Waals surface area (Å²) in [6.45, 7) is 0.689. The topological polar surface area (TPSA) is 92.4 Å². The number of carboxylic acid groups (broad SMARTS) is 1. The van der Waals surface area contributed by atoms with Crippen molar-refractivity contribution >= 4 is 11.9 Å². The van der Waals surface area contributed by atoms with E-state index in [0.717, 1.165) is 51.4 Å². The van der Waals surface area contributed by atoms with Gasteiger partial charge in [0.15, 0.2) is 0 Å². The Morgan fingerprint density at radius 1 is 1.05 bits per heavy atom. The highest BCUT2D eigenvalue weighted by molar-refractivity contribution is 5.85. The highest BCUT2D eigenvalue weighted by atomic mass is 16.4. The number of nitrogens with one attached hydrogen (secondary N) is 1. The van der Waals surface area contributed by atoms with Gasteiger partial charge in [0, 0.05) is 5.92 Å². The fourth-order valence-corrected chi connectivity index (χ4v) is 3.78. The largest absolute Gasteiger partial charge is 0.480 e. The Hall–Kier alpha value is -1.10. The zero-order valence-corrected chi connectivity index (χ0v) is 12.7. The first-order valence-electron chi connectivity index (χ1n) is 8.35. The quantitative estimate of drug-likeness (QED) is 0.722. The minimum absolute atomic E-state index is 0.0294. The van der Waals surface area contributed by atoms with Crippen LogP contribution in [0.5, 0.6) is 0 Å². The minimum Gasteiger partial charge on any atom is -0.480 e. The lowest BCUT2D eigenvalue weighted by molar-refractivity contribution is -0.144. The van der Waals surface area contributed by atoms with E-state index in [2.05, 4.69) is 5.32 Å². The lowest BCUT2D eigenvalue weighted by Crippen LogP contribution is -2.49. The Morgan fingerprint density at radius 3 is 2.19 bits per heavy atom. The Labute approximate surface area is 126 Å². The molecular formula is C16H28N2O3. The minimum atomic E-state index is -0.883. The van der Waals surface area contributed by atoms with Crippen LogP contribution in [-0.4, -0.2) is 29.6 Å². The average Bonchev–Trinajstić information content (AvgIpc) is 2.53. The van der Waals surface area contributed by atoms with Crippen LogP contribution in [0.1, 0.15) is 57.8 Å². The van der Waals surface area contributed by atoms with E-state index >= 15 is 0 Å². The van der Waals surface area contributed by atoms with Crippen LogP contribution in [0, 0.1) is 17.8 Å². The van der Waals surface area contributed by atoms with E-state index in [9.17, 15) is 14.7 Å². The van der Waals surface area contributed by atoms with Crippen molar-refractivity contribution in [2.45, 2.75) is 63.8 Å². The molecule has 1 atom stereocenters. The predicted molar refractivity (Wildman–Crippen MR) is 80.6 cm³/mol. The molecule has 5 nitrogen and oxygen atoms in total. The van der Waals surface area contributed by atoms with Crippen LogP contribution >= 0.6 is 0 Å². The Kier molecular flexibility index (Phi) is 6.03. The van der Waals surface area contributed by atoms with Crippen LogP contribution < -0.4 is 11.1 Å². The van der Waals surface area contributed by atoms with Crippen molar-refractivity contribution < 1.29 is 14.7 Å². The molecule has 0 bridgehead atoms. The van der Waals surface area contributed by atoms with Crippen LogP contribution in [0.3, 0.4) is 0 Å². The molecule has 2 rings (SSSR count). The Bertz CT molecular complexity index is 359. The maximum Gasteiger partial charge on any atom is 0.326 e. The van der Waals surface area contributed by atoms with Gasteiger partial charge in [0.05, 0.1) is 0 Å². The third-order valence-corrected chi connectivity index (χ3v) is 5.24. The van der Waals surface area contributed by atoms with Gasteiger partial charge in [0.2, 0.25) is 5.91 Å². The summed E-state index contributed by atoms with van der Waals surface area (Å²) in [6.07, 6.45) is 8.80. The van der Waals surface area contributed by atoms with Gasteiger partial charge >= 0.3 is 5.97 Å². The summed E-state index contributed by atoms with van der Waals surface area (Å²) in [4.78, 5) is 23.8. The molecule has 0 aromatic rings. The highest BCUT2D eigenvalue weighted by Gasteiger charge is 2.33. The van der Waals surface area contributed by atoms with E-state index in [4.69, 9.17) is 5.73 Å². The van der Waals surface area contributed by atoms with Gasteiger partial charge in [-0.05, 0) is 56.9 Å². The monoisotopic (exact) mass is 296 g/mol. The van der Waals surface area contributed by atoms with Crippen molar-refractivity contribution in [2.24, 2.45) is 23.5 Å². The number of carbonyl (C=O) groups is 2. The van der Waals surface area contributed by atoms with E-state index in [1.807, 2.05) is 0 Å². The summed E-state index contributed by atoms with van der Waals surface area (Å²) in [5, 5.41) is 12.2. The van der Waals surface area contributed by atoms with E-state index in [1.54, 1.807) is 0 Å². The fourth-order valence-electron chi connectivity index (χ4n) is 3.78. The first kappa shape index (κ1) is 16.3. The fraction of sp³-hybridized carbons (Fsp3) is 0.875. The lowest BCUT2D eigenvalue weighted by atomic mass is 9.80. The number of carbonyl (C=O) groups excluding carboxylic acids is 1. The molecule has 5 heteroatoms. The normalized spacial score (nSPS) is 28.8. The number of amides is 1. The van der Waals surface area contributed by atoms with Gasteiger partial charge in [0.1, 0.15) is 6.04 Å². The second-order valence-corrected chi connectivity index (χ2v) is 6.68. The molecule has 0 aromatic heterocycles. The third-order valence-electron chi connectivity index (χ3n) is 5.24. The predicted octanol–water partition coefficient (Wildman–Crippen LogP) is 1.90. The van der Waals surface area contributed by atoms with Crippen LogP contribution in [-0.2, 0) is 9.59 Å². The summed E-state index contributed by atoms with van der Waals surface area (Å²) in [7, 11) is 0. The average molecular weight is 296 g/mol. The molecule has 0 spiro atoms. The van der Waals surface area contributed by atoms with E-state index in [-0.39, 0.29) is 17.7 Å². The number of aliphatic carboxylic acids is 1. The maximum absolute atomic E-state index is 12.3. The molecule has 1 amide bonds. The first-order valence-corrected chi connectivity index (χ1v) is 8.35. The molecule has 0 aliphatic heterocycles. The van der Waals surface area contributed by atoms with Crippen molar-refractivity contribution in [1.82, 2.24) is 5.32 Å². The maximum atomic E-state index is 12.3. The Morgan fingerprint density at radius 2 is 1.67 bits per heavy atom. The van der Waals surface area contributed by atoms with Crippen molar-refractivity contribution in [2.75, 3.05) is 6.54 Å². The number of nitrogens with two attached hydrogens (primary N) is 1.